The van der Waals surface area contributed by atoms with E-state index in [0.29, 0.717) is 35.6 Å². The summed E-state index contributed by atoms with van der Waals surface area (Å²) in [5.74, 6) is -0.0687. The molecule has 2 aromatic heterocycles. The summed E-state index contributed by atoms with van der Waals surface area (Å²) in [7, 11) is 0. The second-order valence-electron chi connectivity index (χ2n) is 6.61. The van der Waals surface area contributed by atoms with Gasteiger partial charge >= 0.3 is 0 Å². The summed E-state index contributed by atoms with van der Waals surface area (Å²) in [6.45, 7) is 8.58. The Labute approximate surface area is 176 Å². The smallest absolute Gasteiger partial charge is 0.257 e. The third-order valence-electron chi connectivity index (χ3n) is 4.71. The van der Waals surface area contributed by atoms with Crippen molar-refractivity contribution in [1.29, 1.82) is 0 Å². The number of anilines is 2. The molecule has 0 aliphatic carbocycles. The van der Waals surface area contributed by atoms with Crippen LogP contribution in [-0.4, -0.2) is 39.6 Å². The minimum Gasteiger partial charge on any atom is -0.354 e. The number of rotatable bonds is 6. The van der Waals surface area contributed by atoms with Crippen LogP contribution in [0.4, 0.5) is 11.4 Å². The Bertz CT molecular complexity index is 1030. The maximum atomic E-state index is 13.1. The molecule has 29 heavy (non-hydrogen) atoms. The lowest BCUT2D eigenvalue weighted by Gasteiger charge is -2.21. The highest BCUT2D eigenvalue weighted by Crippen LogP contribution is 2.29. The van der Waals surface area contributed by atoms with Crippen molar-refractivity contribution in [2.24, 2.45) is 0 Å². The van der Waals surface area contributed by atoms with Gasteiger partial charge in [0.1, 0.15) is 0 Å². The second-order valence-corrected chi connectivity index (χ2v) is 6.61. The van der Waals surface area contributed by atoms with Gasteiger partial charge < -0.3 is 10.2 Å². The quantitative estimate of drug-likeness (QED) is 0.589. The summed E-state index contributed by atoms with van der Waals surface area (Å²) in [6, 6.07) is 11.0. The van der Waals surface area contributed by atoms with Crippen LogP contribution in [0.2, 0.25) is 0 Å². The van der Waals surface area contributed by atoms with Crippen LogP contribution in [0.1, 0.15) is 47.2 Å². The summed E-state index contributed by atoms with van der Waals surface area (Å²) in [5, 5.41) is 4.12. The highest BCUT2D eigenvalue weighted by atomic mass is 35.5. The monoisotopic (exact) mass is 412 g/mol. The number of nitrogens with one attached hydrogen (secondary N) is 1. The summed E-state index contributed by atoms with van der Waals surface area (Å²) in [4.78, 5) is 35.2. The third-order valence-corrected chi connectivity index (χ3v) is 4.71. The van der Waals surface area contributed by atoms with Gasteiger partial charge in [-0.3, -0.25) is 9.59 Å². The summed E-state index contributed by atoms with van der Waals surface area (Å²) in [5.41, 5.74) is 4.04. The number of carbonyl (C=O) groups is 2. The van der Waals surface area contributed by atoms with Crippen molar-refractivity contribution >= 4 is 46.5 Å². The third kappa shape index (κ3) is 4.71. The van der Waals surface area contributed by atoms with Crippen LogP contribution in [-0.2, 0) is 0 Å². The lowest BCUT2D eigenvalue weighted by atomic mass is 10.1. The van der Waals surface area contributed by atoms with Crippen molar-refractivity contribution in [1.82, 2.24) is 14.9 Å². The largest absolute Gasteiger partial charge is 0.354 e. The summed E-state index contributed by atoms with van der Waals surface area (Å²) >= 11 is 0. The molecule has 0 aliphatic rings. The van der Waals surface area contributed by atoms with E-state index in [1.807, 2.05) is 45.0 Å². The van der Waals surface area contributed by atoms with Crippen molar-refractivity contribution < 1.29 is 9.59 Å². The fraction of sp³-hybridized carbons (Fsp3) is 0.273. The lowest BCUT2D eigenvalue weighted by Crippen LogP contribution is -2.31. The Balaban J connectivity index is 0.00000300. The molecule has 7 heteroatoms. The van der Waals surface area contributed by atoms with Gasteiger partial charge in [0.2, 0.25) is 0 Å². The highest BCUT2D eigenvalue weighted by Gasteiger charge is 2.20. The molecule has 1 amide bonds. The second kappa shape index (κ2) is 9.47. The zero-order valence-corrected chi connectivity index (χ0v) is 17.8. The summed E-state index contributed by atoms with van der Waals surface area (Å²) < 4.78 is 0. The number of halogens is 1. The van der Waals surface area contributed by atoms with Gasteiger partial charge in [0.05, 0.1) is 11.3 Å². The van der Waals surface area contributed by atoms with Gasteiger partial charge in [-0.15, -0.1) is 12.4 Å². The molecule has 3 rings (SSSR count). The van der Waals surface area contributed by atoms with Crippen molar-refractivity contribution in [3.63, 3.8) is 0 Å². The lowest BCUT2D eigenvalue weighted by molar-refractivity contribution is 0.0773. The van der Waals surface area contributed by atoms with Gasteiger partial charge in [-0.2, -0.15) is 0 Å². The number of amides is 1. The van der Waals surface area contributed by atoms with Gasteiger partial charge in [-0.1, -0.05) is 0 Å². The molecule has 0 spiro atoms. The molecule has 1 N–H and O–H groups in total. The van der Waals surface area contributed by atoms with Crippen LogP contribution < -0.4 is 5.32 Å². The van der Waals surface area contributed by atoms with Crippen LogP contribution >= 0.6 is 12.4 Å². The Hall–Kier alpha value is -2.99. The molecule has 152 valence electrons. The fourth-order valence-electron chi connectivity index (χ4n) is 3.08. The molecule has 0 atom stereocenters. The van der Waals surface area contributed by atoms with Gasteiger partial charge in [0.15, 0.2) is 11.4 Å². The molecule has 0 radical (unpaired) electrons. The topological polar surface area (TPSA) is 75.2 Å². The van der Waals surface area contributed by atoms with Crippen LogP contribution in [0.5, 0.6) is 0 Å². The first-order valence-electron chi connectivity index (χ1n) is 9.38. The van der Waals surface area contributed by atoms with E-state index in [1.54, 1.807) is 23.2 Å². The van der Waals surface area contributed by atoms with Crippen LogP contribution in [0.15, 0.2) is 42.6 Å². The predicted octanol–water partition coefficient (Wildman–Crippen LogP) is 4.79. The normalized spacial score (nSPS) is 10.3. The average Bonchev–Trinajstić information content (AvgIpc) is 2.69. The fourth-order valence-corrected chi connectivity index (χ4v) is 3.08. The highest BCUT2D eigenvalue weighted by molar-refractivity contribution is 6.07. The molecule has 0 unspecified atom stereocenters. The number of fused-ring (bicyclic) bond motifs is 1. The number of aromatic nitrogens is 2. The zero-order valence-electron chi connectivity index (χ0n) is 17.0. The number of carbonyl (C=O) groups excluding carboxylic acids is 2. The van der Waals surface area contributed by atoms with Gasteiger partial charge in [0, 0.05) is 41.6 Å². The molecule has 0 bridgehead atoms. The van der Waals surface area contributed by atoms with Crippen LogP contribution in [0.25, 0.3) is 11.0 Å². The van der Waals surface area contributed by atoms with Crippen molar-refractivity contribution in [2.75, 3.05) is 18.4 Å². The predicted molar refractivity (Wildman–Crippen MR) is 119 cm³/mol. The Morgan fingerprint density at radius 2 is 1.69 bits per heavy atom. The SMILES string of the molecule is CCN(CC)C(=O)c1cnc2nc(C)ccc2c1Nc1ccc(C(C)=O)cc1.Cl. The number of pyridine rings is 2. The maximum Gasteiger partial charge on any atom is 0.257 e. The number of hydrogen-bond acceptors (Lipinski definition) is 5. The van der Waals surface area contributed by atoms with Crippen molar-refractivity contribution in [2.45, 2.75) is 27.7 Å². The number of benzene rings is 1. The van der Waals surface area contributed by atoms with E-state index in [-0.39, 0.29) is 24.1 Å². The van der Waals surface area contributed by atoms with Crippen molar-refractivity contribution in [3.05, 3.63) is 59.4 Å². The minimum absolute atomic E-state index is 0. The molecule has 0 aliphatic heterocycles. The van der Waals surface area contributed by atoms with Gasteiger partial charge in [0.25, 0.3) is 5.91 Å². The van der Waals surface area contributed by atoms with E-state index in [4.69, 9.17) is 0 Å². The zero-order chi connectivity index (χ0) is 20.3. The maximum absolute atomic E-state index is 13.1. The Morgan fingerprint density at radius 1 is 1.03 bits per heavy atom. The average molecular weight is 413 g/mol. The molecule has 2 heterocycles. The molecular weight excluding hydrogens is 388 g/mol. The van der Waals surface area contributed by atoms with Crippen molar-refractivity contribution in [3.8, 4) is 0 Å². The number of hydrogen-bond donors (Lipinski definition) is 1. The first kappa shape index (κ1) is 22.3. The number of Topliss-reactive ketones (excluding diaryl/α,β-unsaturated/α-hetero) is 1. The summed E-state index contributed by atoms with van der Waals surface area (Å²) in [6.07, 6.45) is 1.59. The minimum atomic E-state index is -0.0807. The van der Waals surface area contributed by atoms with Gasteiger partial charge in [-0.25, -0.2) is 9.97 Å². The van der Waals surface area contributed by atoms with E-state index in [9.17, 15) is 9.59 Å². The van der Waals surface area contributed by atoms with E-state index in [0.717, 1.165) is 16.8 Å². The molecule has 0 saturated carbocycles. The number of ketones is 1. The molecule has 1 aromatic carbocycles. The van der Waals surface area contributed by atoms with E-state index >= 15 is 0 Å². The molecule has 0 saturated heterocycles. The molecular formula is C22H25ClN4O2. The Morgan fingerprint density at radius 3 is 2.28 bits per heavy atom. The Kier molecular flexibility index (Phi) is 7.29. The van der Waals surface area contributed by atoms with Gasteiger partial charge in [-0.05, 0) is 64.1 Å². The first-order valence-corrected chi connectivity index (χ1v) is 9.38. The first-order chi connectivity index (χ1) is 13.4. The van der Waals surface area contributed by atoms with Crippen LogP contribution in [0, 0.1) is 6.92 Å². The van der Waals surface area contributed by atoms with Crippen LogP contribution in [0.3, 0.4) is 0 Å². The van der Waals surface area contributed by atoms with E-state index in [1.165, 1.54) is 6.92 Å². The van der Waals surface area contributed by atoms with E-state index < -0.39 is 0 Å². The number of nitrogens with zero attached hydrogens (tertiary/aromatic N) is 3. The van der Waals surface area contributed by atoms with E-state index in [2.05, 4.69) is 15.3 Å². The molecule has 0 fully saturated rings. The molecule has 6 nitrogen and oxygen atoms in total. The standard InChI is InChI=1S/C22H24N4O2.ClH/c1-5-26(6-2)22(28)19-13-23-21-18(12-7-14(3)24-21)20(19)25-17-10-8-16(9-11-17)15(4)27;/h7-13H,5-6H2,1-4H3,(H,23,24,25);1H. The number of aryl methyl sites for hydroxylation is 1. The molecule has 3 aromatic rings.